The number of nitrogens with zero attached hydrogens (tertiary/aromatic N) is 2. The number of ether oxygens (including phenoxy) is 1. The lowest BCUT2D eigenvalue weighted by Gasteiger charge is -2.13. The summed E-state index contributed by atoms with van der Waals surface area (Å²) in [5.41, 5.74) is 0. The molecule has 0 amide bonds. The van der Waals surface area contributed by atoms with Crippen LogP contribution in [0, 0.1) is 0 Å². The Morgan fingerprint density at radius 1 is 1.25 bits per heavy atom. The molecule has 2 rings (SSSR count). The first-order valence-electron chi connectivity index (χ1n) is 6.00. The van der Waals surface area contributed by atoms with Gasteiger partial charge < -0.3 is 10.1 Å². The van der Waals surface area contributed by atoms with Gasteiger partial charge in [-0.2, -0.15) is 0 Å². The monoisotopic (exact) mass is 241 g/mol. The number of rotatable bonds is 4. The maximum Gasteiger partial charge on any atom is 0.205 e. The quantitative estimate of drug-likeness (QED) is 0.823. The fraction of sp³-hybridized carbons (Fsp3) is 0.818. The molecular formula is C11H19N3OS. The number of anilines is 1. The first-order valence-corrected chi connectivity index (χ1v) is 6.82. The SMILES string of the molecule is CNc1nnc(COC2CCCCCC2)s1. The first kappa shape index (κ1) is 11.8. The zero-order chi connectivity index (χ0) is 11.2. The molecule has 0 bridgehead atoms. The molecule has 0 aromatic carbocycles. The van der Waals surface area contributed by atoms with E-state index in [0.29, 0.717) is 12.7 Å². The van der Waals surface area contributed by atoms with Crippen molar-refractivity contribution in [3.63, 3.8) is 0 Å². The minimum atomic E-state index is 0.435. The maximum absolute atomic E-state index is 5.89. The molecule has 0 spiro atoms. The Hall–Kier alpha value is -0.680. The van der Waals surface area contributed by atoms with Gasteiger partial charge in [-0.05, 0) is 12.8 Å². The molecule has 1 aromatic rings. The Labute approximate surface area is 100 Å². The van der Waals surface area contributed by atoms with Crippen molar-refractivity contribution in [2.24, 2.45) is 0 Å². The number of hydrogen-bond donors (Lipinski definition) is 1. The summed E-state index contributed by atoms with van der Waals surface area (Å²) >= 11 is 1.57. The van der Waals surface area contributed by atoms with E-state index < -0.39 is 0 Å². The topological polar surface area (TPSA) is 47.0 Å². The highest BCUT2D eigenvalue weighted by Gasteiger charge is 2.13. The molecule has 0 radical (unpaired) electrons. The van der Waals surface area contributed by atoms with Gasteiger partial charge in [0, 0.05) is 7.05 Å². The van der Waals surface area contributed by atoms with E-state index >= 15 is 0 Å². The van der Waals surface area contributed by atoms with Gasteiger partial charge in [0.25, 0.3) is 0 Å². The van der Waals surface area contributed by atoms with Crippen molar-refractivity contribution < 1.29 is 4.74 Å². The maximum atomic E-state index is 5.89. The molecule has 1 aliphatic rings. The van der Waals surface area contributed by atoms with Crippen LogP contribution < -0.4 is 5.32 Å². The van der Waals surface area contributed by atoms with Crippen molar-refractivity contribution in [3.05, 3.63) is 5.01 Å². The third-order valence-corrected chi connectivity index (χ3v) is 3.84. The molecule has 4 nitrogen and oxygen atoms in total. The van der Waals surface area contributed by atoms with E-state index in [1.54, 1.807) is 11.3 Å². The van der Waals surface area contributed by atoms with Crippen LogP contribution >= 0.6 is 11.3 Å². The van der Waals surface area contributed by atoms with Gasteiger partial charge in [-0.15, -0.1) is 10.2 Å². The normalized spacial score (nSPS) is 18.3. The van der Waals surface area contributed by atoms with Crippen LogP contribution in [0.25, 0.3) is 0 Å². The van der Waals surface area contributed by atoms with E-state index in [2.05, 4.69) is 15.5 Å². The summed E-state index contributed by atoms with van der Waals surface area (Å²) < 4.78 is 5.89. The average molecular weight is 241 g/mol. The summed E-state index contributed by atoms with van der Waals surface area (Å²) in [7, 11) is 1.86. The van der Waals surface area contributed by atoms with Gasteiger partial charge in [-0.25, -0.2) is 0 Å². The molecule has 0 atom stereocenters. The van der Waals surface area contributed by atoms with Crippen LogP contribution in [0.4, 0.5) is 5.13 Å². The Morgan fingerprint density at radius 2 is 2.00 bits per heavy atom. The van der Waals surface area contributed by atoms with Crippen molar-refractivity contribution in [3.8, 4) is 0 Å². The van der Waals surface area contributed by atoms with Gasteiger partial charge in [-0.3, -0.25) is 0 Å². The molecular weight excluding hydrogens is 222 g/mol. The minimum Gasteiger partial charge on any atom is -0.371 e. The average Bonchev–Trinajstić information content (AvgIpc) is 2.61. The zero-order valence-electron chi connectivity index (χ0n) is 9.74. The molecule has 90 valence electrons. The summed E-state index contributed by atoms with van der Waals surface area (Å²) in [6.45, 7) is 0.615. The van der Waals surface area contributed by atoms with Gasteiger partial charge in [0.1, 0.15) is 11.6 Å². The van der Waals surface area contributed by atoms with Crippen LogP contribution in [0.15, 0.2) is 0 Å². The van der Waals surface area contributed by atoms with Crippen LogP contribution in [-0.4, -0.2) is 23.3 Å². The second kappa shape index (κ2) is 6.15. The third-order valence-electron chi connectivity index (χ3n) is 2.93. The molecule has 5 heteroatoms. The highest BCUT2D eigenvalue weighted by atomic mass is 32.1. The van der Waals surface area contributed by atoms with Crippen molar-refractivity contribution in [2.45, 2.75) is 51.2 Å². The number of hydrogen-bond acceptors (Lipinski definition) is 5. The fourth-order valence-corrected chi connectivity index (χ4v) is 2.63. The molecule has 1 N–H and O–H groups in total. The van der Waals surface area contributed by atoms with E-state index in [0.717, 1.165) is 10.1 Å². The highest BCUT2D eigenvalue weighted by molar-refractivity contribution is 7.15. The third kappa shape index (κ3) is 3.42. The predicted octanol–water partition coefficient (Wildman–Crippen LogP) is 2.82. The molecule has 1 aliphatic carbocycles. The Morgan fingerprint density at radius 3 is 2.62 bits per heavy atom. The lowest BCUT2D eigenvalue weighted by molar-refractivity contribution is 0.0306. The lowest BCUT2D eigenvalue weighted by atomic mass is 10.1. The Bertz CT molecular complexity index is 308. The van der Waals surface area contributed by atoms with Crippen molar-refractivity contribution in [2.75, 3.05) is 12.4 Å². The summed E-state index contributed by atoms with van der Waals surface area (Å²) in [5.74, 6) is 0. The van der Waals surface area contributed by atoms with Gasteiger partial charge in [0.15, 0.2) is 0 Å². The summed E-state index contributed by atoms with van der Waals surface area (Å²) in [6, 6.07) is 0. The second-order valence-corrected chi connectivity index (χ2v) is 5.24. The molecule has 1 aromatic heterocycles. The summed E-state index contributed by atoms with van der Waals surface area (Å²) in [4.78, 5) is 0. The second-order valence-electron chi connectivity index (χ2n) is 4.18. The largest absolute Gasteiger partial charge is 0.371 e. The van der Waals surface area contributed by atoms with Crippen LogP contribution in [0.2, 0.25) is 0 Å². The van der Waals surface area contributed by atoms with Gasteiger partial charge in [0.05, 0.1) is 6.10 Å². The van der Waals surface area contributed by atoms with Crippen LogP contribution in [0.5, 0.6) is 0 Å². The predicted molar refractivity (Wildman–Crippen MR) is 65.7 cm³/mol. The molecule has 0 saturated heterocycles. The van der Waals surface area contributed by atoms with Gasteiger partial charge >= 0.3 is 0 Å². The molecule has 16 heavy (non-hydrogen) atoms. The fourth-order valence-electron chi connectivity index (χ4n) is 2.01. The van der Waals surface area contributed by atoms with E-state index in [9.17, 15) is 0 Å². The zero-order valence-corrected chi connectivity index (χ0v) is 10.6. The summed E-state index contributed by atoms with van der Waals surface area (Å²) in [6.07, 6.45) is 8.19. The van der Waals surface area contributed by atoms with E-state index in [4.69, 9.17) is 4.74 Å². The standard InChI is InChI=1S/C11H19N3OS/c1-12-11-14-13-10(16-11)8-15-9-6-4-2-3-5-7-9/h9H,2-8H2,1H3,(H,12,14). The van der Waals surface area contributed by atoms with Crippen molar-refractivity contribution in [1.29, 1.82) is 0 Å². The van der Waals surface area contributed by atoms with Crippen LogP contribution in [-0.2, 0) is 11.3 Å². The molecule has 0 aliphatic heterocycles. The van der Waals surface area contributed by atoms with Crippen LogP contribution in [0.3, 0.4) is 0 Å². The lowest BCUT2D eigenvalue weighted by Crippen LogP contribution is -2.11. The smallest absolute Gasteiger partial charge is 0.205 e. The molecule has 1 fully saturated rings. The van der Waals surface area contributed by atoms with Crippen LogP contribution in [0.1, 0.15) is 43.5 Å². The number of aromatic nitrogens is 2. The van der Waals surface area contributed by atoms with E-state index in [1.807, 2.05) is 7.05 Å². The van der Waals surface area contributed by atoms with Crippen molar-refractivity contribution >= 4 is 16.5 Å². The van der Waals surface area contributed by atoms with Gasteiger partial charge in [-0.1, -0.05) is 37.0 Å². The number of nitrogens with one attached hydrogen (secondary N) is 1. The Kier molecular flexibility index (Phi) is 4.54. The molecule has 1 heterocycles. The highest BCUT2D eigenvalue weighted by Crippen LogP contribution is 2.22. The van der Waals surface area contributed by atoms with Gasteiger partial charge in [0.2, 0.25) is 5.13 Å². The first-order chi connectivity index (χ1) is 7.88. The molecule has 1 saturated carbocycles. The Balaban J connectivity index is 1.77. The minimum absolute atomic E-state index is 0.435. The van der Waals surface area contributed by atoms with E-state index in [1.165, 1.54) is 38.5 Å². The summed E-state index contributed by atoms with van der Waals surface area (Å²) in [5, 5.41) is 12.9. The van der Waals surface area contributed by atoms with Crippen molar-refractivity contribution in [1.82, 2.24) is 10.2 Å². The molecule has 0 unspecified atom stereocenters. The van der Waals surface area contributed by atoms with E-state index in [-0.39, 0.29) is 0 Å².